The van der Waals surface area contributed by atoms with Gasteiger partial charge in [-0.15, -0.1) is 0 Å². The Hall–Kier alpha value is -5.22. The lowest BCUT2D eigenvalue weighted by Gasteiger charge is -2.19. The summed E-state index contributed by atoms with van der Waals surface area (Å²) in [6, 6.07) is 20.9. The molecular formula is C43H39Cl3N6O5. The number of nitrogens with one attached hydrogen (secondary N) is 2. The average molecular weight is 826 g/mol. The molecule has 11 nitrogen and oxygen atoms in total. The fraction of sp³-hybridized carbons (Fsp3) is 0.279. The van der Waals surface area contributed by atoms with Gasteiger partial charge in [0.1, 0.15) is 18.0 Å². The van der Waals surface area contributed by atoms with Gasteiger partial charge in [-0.1, -0.05) is 83.4 Å². The van der Waals surface area contributed by atoms with E-state index in [4.69, 9.17) is 44.8 Å². The van der Waals surface area contributed by atoms with E-state index < -0.39 is 11.9 Å². The van der Waals surface area contributed by atoms with Gasteiger partial charge < -0.3 is 20.5 Å². The molecule has 292 valence electrons. The lowest BCUT2D eigenvalue weighted by Crippen LogP contribution is -2.36. The Labute approximate surface area is 344 Å². The molecule has 4 heterocycles. The van der Waals surface area contributed by atoms with Gasteiger partial charge in [0.05, 0.1) is 28.5 Å². The minimum Gasteiger partial charge on any atom is -0.492 e. The molecular weight excluding hydrogens is 787 g/mol. The first-order valence-electron chi connectivity index (χ1n) is 18.6. The number of pyridine rings is 1. The number of benzene rings is 3. The van der Waals surface area contributed by atoms with E-state index in [1.54, 1.807) is 12.4 Å². The zero-order valence-corrected chi connectivity index (χ0v) is 33.1. The molecule has 2 unspecified atom stereocenters. The van der Waals surface area contributed by atoms with Gasteiger partial charge in [-0.2, -0.15) is 5.26 Å². The van der Waals surface area contributed by atoms with Crippen molar-refractivity contribution < 1.29 is 19.4 Å². The van der Waals surface area contributed by atoms with E-state index in [-0.39, 0.29) is 30.5 Å². The molecule has 5 aromatic rings. The van der Waals surface area contributed by atoms with Gasteiger partial charge in [0.2, 0.25) is 5.91 Å². The first kappa shape index (κ1) is 40.0. The fourth-order valence-corrected chi connectivity index (χ4v) is 8.14. The first-order chi connectivity index (χ1) is 27.6. The lowest BCUT2D eigenvalue weighted by molar-refractivity contribution is -0.141. The highest BCUT2D eigenvalue weighted by atomic mass is 35.5. The normalized spacial score (nSPS) is 17.0. The van der Waals surface area contributed by atoms with Crippen LogP contribution in [0.3, 0.4) is 0 Å². The number of amides is 1. The largest absolute Gasteiger partial charge is 0.492 e. The molecule has 2 saturated heterocycles. The predicted octanol–water partition coefficient (Wildman–Crippen LogP) is 7.73. The minimum atomic E-state index is -0.797. The molecule has 0 bridgehead atoms. The Kier molecular flexibility index (Phi) is 12.6. The Bertz CT molecular complexity index is 2480. The summed E-state index contributed by atoms with van der Waals surface area (Å²) in [5.41, 5.74) is 6.02. The van der Waals surface area contributed by atoms with E-state index in [0.717, 1.165) is 39.8 Å². The van der Waals surface area contributed by atoms with Crippen LogP contribution in [0.4, 0.5) is 0 Å². The van der Waals surface area contributed by atoms with Crippen LogP contribution in [0, 0.1) is 17.2 Å². The molecule has 0 radical (unpaired) electrons. The van der Waals surface area contributed by atoms with Crippen LogP contribution in [0.5, 0.6) is 5.75 Å². The number of rotatable bonds is 14. The van der Waals surface area contributed by atoms with Crippen LogP contribution >= 0.6 is 34.8 Å². The number of carbonyl (C=O) groups is 2. The monoisotopic (exact) mass is 824 g/mol. The third-order valence-corrected chi connectivity index (χ3v) is 11.5. The zero-order chi connectivity index (χ0) is 40.1. The van der Waals surface area contributed by atoms with Crippen LogP contribution < -0.4 is 20.9 Å². The van der Waals surface area contributed by atoms with Gasteiger partial charge >= 0.3 is 5.97 Å². The number of likely N-dealkylation sites (tertiary alicyclic amines) is 1. The summed E-state index contributed by atoms with van der Waals surface area (Å²) in [6.07, 6.45) is 9.08. The number of carboxylic acids is 1. The van der Waals surface area contributed by atoms with Crippen molar-refractivity contribution >= 4 is 64.5 Å². The Balaban J connectivity index is 1.11. The number of nitriles is 1. The molecule has 2 fully saturated rings. The number of fused-ring (bicyclic) bond motifs is 1. The van der Waals surface area contributed by atoms with Crippen molar-refractivity contribution in [1.82, 2.24) is 24.9 Å². The second-order valence-electron chi connectivity index (χ2n) is 14.2. The highest BCUT2D eigenvalue weighted by Gasteiger charge is 2.28. The third-order valence-electron chi connectivity index (χ3n) is 10.3. The van der Waals surface area contributed by atoms with Gasteiger partial charge in [-0.05, 0) is 60.3 Å². The molecule has 0 aliphatic carbocycles. The van der Waals surface area contributed by atoms with Gasteiger partial charge in [0.15, 0.2) is 0 Å². The van der Waals surface area contributed by atoms with E-state index in [2.05, 4.69) is 26.6 Å². The van der Waals surface area contributed by atoms with E-state index in [1.165, 1.54) is 4.40 Å². The number of ether oxygens (including phenoxy) is 1. The van der Waals surface area contributed by atoms with E-state index in [9.17, 15) is 19.5 Å². The second-order valence-corrected chi connectivity index (χ2v) is 15.3. The number of nitrogens with zero attached hydrogens (tertiary/aromatic N) is 4. The maximum atomic E-state index is 13.3. The van der Waals surface area contributed by atoms with Gasteiger partial charge in [0.25, 0.3) is 5.56 Å². The van der Waals surface area contributed by atoms with E-state index in [1.807, 2.05) is 72.8 Å². The zero-order valence-electron chi connectivity index (χ0n) is 30.8. The quantitative estimate of drug-likeness (QED) is 0.0756. The molecule has 2 aliphatic heterocycles. The molecule has 3 N–H and O–H groups in total. The minimum absolute atomic E-state index is 0.0506. The molecule has 2 atom stereocenters. The summed E-state index contributed by atoms with van der Waals surface area (Å²) in [6.45, 7) is 2.69. The van der Waals surface area contributed by atoms with Crippen LogP contribution in [0.2, 0.25) is 15.1 Å². The molecule has 1 amide bonds. The number of carboxylic acid groups (broad SMARTS) is 1. The topological polar surface area (TPSA) is 149 Å². The van der Waals surface area contributed by atoms with Crippen LogP contribution in [0.1, 0.15) is 47.9 Å². The fourth-order valence-electron chi connectivity index (χ4n) is 7.26. The lowest BCUT2D eigenvalue weighted by atomic mass is 9.97. The highest BCUT2D eigenvalue weighted by Crippen LogP contribution is 2.41. The number of halogens is 3. The molecule has 7 rings (SSSR count). The first-order valence-corrected chi connectivity index (χ1v) is 19.8. The number of carbonyl (C=O) groups excluding carboxylic acids is 1. The number of hydrogen-bond acceptors (Lipinski definition) is 8. The van der Waals surface area contributed by atoms with Crippen molar-refractivity contribution in [2.45, 2.75) is 44.8 Å². The van der Waals surface area contributed by atoms with Crippen LogP contribution in [-0.2, 0) is 22.7 Å². The number of aliphatic carboxylic acids is 1. The molecule has 0 spiro atoms. The summed E-state index contributed by atoms with van der Waals surface area (Å²) in [7, 11) is 0. The van der Waals surface area contributed by atoms with Crippen molar-refractivity contribution in [3.8, 4) is 34.1 Å². The van der Waals surface area contributed by atoms with Crippen molar-refractivity contribution in [1.29, 1.82) is 5.26 Å². The van der Waals surface area contributed by atoms with E-state index >= 15 is 0 Å². The van der Waals surface area contributed by atoms with Crippen LogP contribution in [0.15, 0.2) is 77.9 Å². The summed E-state index contributed by atoms with van der Waals surface area (Å²) in [5, 5.41) is 26.2. The SMILES string of the molecule is N#CCCOc1cc(/C=C/c2cccc(-c3cccc(-c4ccn5c(=O)c(CNCC6CCC(=O)N6)cnc5c4)c3Cl)c2Cl)c(Cl)cc1CN1CCC(C(=O)O)C1. The second kappa shape index (κ2) is 17.9. The summed E-state index contributed by atoms with van der Waals surface area (Å²) in [4.78, 5) is 42.9. The van der Waals surface area contributed by atoms with E-state index in [0.29, 0.717) is 83.2 Å². The molecule has 3 aromatic carbocycles. The molecule has 57 heavy (non-hydrogen) atoms. The van der Waals surface area contributed by atoms with Gasteiger partial charge in [-0.3, -0.25) is 23.7 Å². The standard InChI is InChI=1S/C43H39Cl3N6O5/c44-36-18-30(25-51-15-12-29(24-51)43(55)56)37(57-17-3-14-47)19-28(36)9-8-26-4-1-6-34(40(26)45)35-7-2-5-33(41(35)46)27-13-16-52-38(20-27)49-22-31(42(52)54)21-48-23-32-10-11-39(53)50-32/h1-2,4-9,13,16,18-20,22,29,32,48H,3,10-12,15,17,21,23-25H2,(H,50,53)(H,55,56)/b9-8+. The molecule has 2 aliphatic rings. The summed E-state index contributed by atoms with van der Waals surface area (Å²) < 4.78 is 7.51. The summed E-state index contributed by atoms with van der Waals surface area (Å²) in [5.74, 6) is -0.576. The Morgan fingerprint density at radius 2 is 1.77 bits per heavy atom. The average Bonchev–Trinajstić information content (AvgIpc) is 3.85. The van der Waals surface area contributed by atoms with Crippen molar-refractivity contribution in [2.24, 2.45) is 5.92 Å². The molecule has 14 heteroatoms. The summed E-state index contributed by atoms with van der Waals surface area (Å²) >= 11 is 21.0. The van der Waals surface area contributed by atoms with Crippen molar-refractivity contribution in [3.63, 3.8) is 0 Å². The molecule has 2 aromatic heterocycles. The Morgan fingerprint density at radius 1 is 1.00 bits per heavy atom. The smallest absolute Gasteiger partial charge is 0.307 e. The van der Waals surface area contributed by atoms with Crippen molar-refractivity contribution in [2.75, 3.05) is 26.2 Å². The maximum Gasteiger partial charge on any atom is 0.307 e. The van der Waals surface area contributed by atoms with Gasteiger partial charge in [-0.25, -0.2) is 4.98 Å². The van der Waals surface area contributed by atoms with Crippen molar-refractivity contribution in [3.05, 3.63) is 121 Å². The third kappa shape index (κ3) is 9.17. The van der Waals surface area contributed by atoms with Crippen LogP contribution in [-0.4, -0.2) is 63.6 Å². The maximum absolute atomic E-state index is 13.3. The van der Waals surface area contributed by atoms with Gasteiger partial charge in [0, 0.05) is 83.9 Å². The number of aromatic nitrogens is 2. The molecule has 0 saturated carbocycles. The van der Waals surface area contributed by atoms with Crippen LogP contribution in [0.25, 0.3) is 40.1 Å². The highest BCUT2D eigenvalue weighted by molar-refractivity contribution is 6.39. The number of hydrogen-bond donors (Lipinski definition) is 3. The Morgan fingerprint density at radius 3 is 2.53 bits per heavy atom. The predicted molar refractivity (Wildman–Crippen MR) is 222 cm³/mol.